The van der Waals surface area contributed by atoms with Gasteiger partial charge in [-0.2, -0.15) is 13.2 Å². The smallest absolute Gasteiger partial charge is 0.396 e. The van der Waals surface area contributed by atoms with Crippen molar-refractivity contribution in [2.45, 2.75) is 12.7 Å². The fourth-order valence-electron chi connectivity index (χ4n) is 1.62. The summed E-state index contributed by atoms with van der Waals surface area (Å²) in [5.74, 6) is -2.03. The van der Waals surface area contributed by atoms with Gasteiger partial charge in [-0.05, 0) is 23.8 Å². The van der Waals surface area contributed by atoms with Gasteiger partial charge in [0.25, 0.3) is 0 Å². The summed E-state index contributed by atoms with van der Waals surface area (Å²) in [6, 6.07) is 3.95. The molecular weight excluding hydrogens is 293 g/mol. The lowest BCUT2D eigenvalue weighted by Gasteiger charge is -2.12. The number of rotatable bonds is 3. The van der Waals surface area contributed by atoms with Crippen molar-refractivity contribution in [1.82, 2.24) is 4.98 Å². The third-order valence-electron chi connectivity index (χ3n) is 2.69. The van der Waals surface area contributed by atoms with Crippen LogP contribution in [0.3, 0.4) is 0 Å². The van der Waals surface area contributed by atoms with Gasteiger partial charge in [0.2, 0.25) is 0 Å². The Kier molecular flexibility index (Phi) is 3.97. The predicted octanol–water partition coefficient (Wildman–Crippen LogP) is 3.57. The molecule has 21 heavy (non-hydrogen) atoms. The molecular formula is C13H10F5N3. The Labute approximate surface area is 116 Å². The number of halogens is 5. The predicted molar refractivity (Wildman–Crippen MR) is 67.3 cm³/mol. The number of nitrogens with two attached hydrogens (primary N) is 1. The molecule has 2 aromatic rings. The number of alkyl halides is 3. The lowest BCUT2D eigenvalue weighted by molar-refractivity contribution is -0.141. The van der Waals surface area contributed by atoms with Crippen molar-refractivity contribution < 1.29 is 22.0 Å². The van der Waals surface area contributed by atoms with Crippen LogP contribution in [0.4, 0.5) is 33.3 Å². The molecule has 2 rings (SSSR count). The van der Waals surface area contributed by atoms with Crippen LogP contribution in [0.15, 0.2) is 30.5 Å². The molecule has 0 saturated carbocycles. The Balaban J connectivity index is 2.17. The van der Waals surface area contributed by atoms with Gasteiger partial charge >= 0.3 is 6.18 Å². The van der Waals surface area contributed by atoms with E-state index in [1.807, 2.05) is 0 Å². The molecule has 1 aromatic heterocycles. The zero-order valence-corrected chi connectivity index (χ0v) is 10.5. The van der Waals surface area contributed by atoms with Crippen LogP contribution >= 0.6 is 0 Å². The third kappa shape index (κ3) is 3.59. The summed E-state index contributed by atoms with van der Waals surface area (Å²) in [5, 5.41) is 2.63. The molecule has 112 valence electrons. The van der Waals surface area contributed by atoms with Crippen LogP contribution in [0.5, 0.6) is 0 Å². The van der Waals surface area contributed by atoms with Crippen LogP contribution < -0.4 is 11.1 Å². The number of pyridine rings is 1. The maximum atomic E-state index is 13.0. The van der Waals surface area contributed by atoms with Crippen LogP contribution in [0.2, 0.25) is 0 Å². The monoisotopic (exact) mass is 303 g/mol. The van der Waals surface area contributed by atoms with Crippen molar-refractivity contribution in [3.8, 4) is 0 Å². The van der Waals surface area contributed by atoms with E-state index in [-0.39, 0.29) is 17.9 Å². The van der Waals surface area contributed by atoms with Gasteiger partial charge in [-0.3, -0.25) is 0 Å². The largest absolute Gasteiger partial charge is 0.433 e. The molecule has 0 spiro atoms. The van der Waals surface area contributed by atoms with Gasteiger partial charge in [0.15, 0.2) is 11.6 Å². The van der Waals surface area contributed by atoms with Crippen molar-refractivity contribution in [2.75, 3.05) is 11.1 Å². The number of nitrogens with zero attached hydrogens (tertiary/aromatic N) is 1. The van der Waals surface area contributed by atoms with Gasteiger partial charge in [-0.25, -0.2) is 13.8 Å². The minimum atomic E-state index is -4.59. The first-order valence-electron chi connectivity index (χ1n) is 5.78. The fourth-order valence-corrected chi connectivity index (χ4v) is 1.62. The topological polar surface area (TPSA) is 50.9 Å². The second-order valence-electron chi connectivity index (χ2n) is 4.26. The minimum Gasteiger partial charge on any atom is -0.396 e. The molecule has 1 aromatic carbocycles. The molecule has 3 N–H and O–H groups in total. The number of anilines is 2. The number of nitrogen functional groups attached to an aromatic ring is 1. The van der Waals surface area contributed by atoms with E-state index in [4.69, 9.17) is 5.73 Å². The average molecular weight is 303 g/mol. The number of aromatic nitrogens is 1. The van der Waals surface area contributed by atoms with Crippen molar-refractivity contribution in [3.63, 3.8) is 0 Å². The summed E-state index contributed by atoms with van der Waals surface area (Å²) < 4.78 is 63.4. The number of hydrogen-bond donors (Lipinski definition) is 2. The van der Waals surface area contributed by atoms with E-state index in [0.29, 0.717) is 5.56 Å². The van der Waals surface area contributed by atoms with Crippen LogP contribution in [-0.2, 0) is 12.7 Å². The highest BCUT2D eigenvalue weighted by atomic mass is 19.4. The Morgan fingerprint density at radius 3 is 2.43 bits per heavy atom. The van der Waals surface area contributed by atoms with Crippen molar-refractivity contribution in [3.05, 3.63) is 53.4 Å². The van der Waals surface area contributed by atoms with E-state index < -0.39 is 23.5 Å². The van der Waals surface area contributed by atoms with E-state index in [2.05, 4.69) is 10.3 Å². The third-order valence-corrected chi connectivity index (χ3v) is 2.69. The standard InChI is InChI=1S/C13H10F5N3/c14-8-2-1-7(3-9(8)15)5-20-11-4-12(13(16,17)18)21-6-10(11)19/h1-4,6H,5,19H2,(H,20,21). The van der Waals surface area contributed by atoms with Crippen LogP contribution in [0, 0.1) is 11.6 Å². The second kappa shape index (κ2) is 5.55. The maximum absolute atomic E-state index is 13.0. The summed E-state index contributed by atoms with van der Waals surface area (Å²) in [4.78, 5) is 3.19. The Morgan fingerprint density at radius 2 is 1.81 bits per heavy atom. The van der Waals surface area contributed by atoms with E-state index in [9.17, 15) is 22.0 Å². The summed E-state index contributed by atoms with van der Waals surface area (Å²) >= 11 is 0. The Hall–Kier alpha value is -2.38. The molecule has 0 atom stereocenters. The lowest BCUT2D eigenvalue weighted by Crippen LogP contribution is -2.11. The molecule has 0 saturated heterocycles. The first-order chi connectivity index (χ1) is 9.77. The maximum Gasteiger partial charge on any atom is 0.433 e. The van der Waals surface area contributed by atoms with Gasteiger partial charge in [-0.15, -0.1) is 0 Å². The summed E-state index contributed by atoms with van der Waals surface area (Å²) in [7, 11) is 0. The van der Waals surface area contributed by atoms with Gasteiger partial charge in [0.1, 0.15) is 5.69 Å². The van der Waals surface area contributed by atoms with E-state index in [0.717, 1.165) is 24.4 Å². The first kappa shape index (κ1) is 15.0. The van der Waals surface area contributed by atoms with E-state index in [1.165, 1.54) is 6.07 Å². The SMILES string of the molecule is Nc1cnc(C(F)(F)F)cc1NCc1ccc(F)c(F)c1. The molecule has 8 heteroatoms. The normalized spacial score (nSPS) is 11.5. The van der Waals surface area contributed by atoms with E-state index in [1.54, 1.807) is 0 Å². The molecule has 0 fully saturated rings. The Bertz CT molecular complexity index is 655. The fraction of sp³-hybridized carbons (Fsp3) is 0.154. The zero-order chi connectivity index (χ0) is 15.6. The number of hydrogen-bond acceptors (Lipinski definition) is 3. The van der Waals surface area contributed by atoms with Crippen molar-refractivity contribution >= 4 is 11.4 Å². The van der Waals surface area contributed by atoms with Gasteiger partial charge in [0.05, 0.1) is 17.6 Å². The summed E-state index contributed by atoms with van der Waals surface area (Å²) in [6.45, 7) is -0.0112. The summed E-state index contributed by atoms with van der Waals surface area (Å²) in [6.07, 6.45) is -3.71. The molecule has 0 aliphatic rings. The lowest BCUT2D eigenvalue weighted by atomic mass is 10.2. The molecule has 0 radical (unpaired) electrons. The molecule has 0 aliphatic carbocycles. The van der Waals surface area contributed by atoms with Crippen LogP contribution in [-0.4, -0.2) is 4.98 Å². The van der Waals surface area contributed by atoms with Gasteiger partial charge in [-0.1, -0.05) is 6.07 Å². The highest BCUT2D eigenvalue weighted by Crippen LogP contribution is 2.31. The highest BCUT2D eigenvalue weighted by Gasteiger charge is 2.32. The Morgan fingerprint density at radius 1 is 1.10 bits per heavy atom. The van der Waals surface area contributed by atoms with Gasteiger partial charge in [0, 0.05) is 6.54 Å². The second-order valence-corrected chi connectivity index (χ2v) is 4.26. The zero-order valence-electron chi connectivity index (χ0n) is 10.5. The molecule has 0 amide bonds. The van der Waals surface area contributed by atoms with Gasteiger partial charge < -0.3 is 11.1 Å². The van der Waals surface area contributed by atoms with Crippen LogP contribution in [0.25, 0.3) is 0 Å². The molecule has 3 nitrogen and oxygen atoms in total. The minimum absolute atomic E-state index is 0.0112. The molecule has 0 bridgehead atoms. The number of nitrogens with one attached hydrogen (secondary N) is 1. The first-order valence-corrected chi connectivity index (χ1v) is 5.78. The molecule has 1 heterocycles. The van der Waals surface area contributed by atoms with Crippen molar-refractivity contribution in [2.24, 2.45) is 0 Å². The highest BCUT2D eigenvalue weighted by molar-refractivity contribution is 5.65. The van der Waals surface area contributed by atoms with E-state index >= 15 is 0 Å². The van der Waals surface area contributed by atoms with Crippen LogP contribution in [0.1, 0.15) is 11.3 Å². The quantitative estimate of drug-likeness (QED) is 0.852. The average Bonchev–Trinajstić information content (AvgIpc) is 2.40. The molecule has 0 aliphatic heterocycles. The summed E-state index contributed by atoms with van der Waals surface area (Å²) in [5.41, 5.74) is 4.83. The van der Waals surface area contributed by atoms with Crippen molar-refractivity contribution in [1.29, 1.82) is 0 Å². The number of benzene rings is 1. The molecule has 0 unspecified atom stereocenters.